The second kappa shape index (κ2) is 12.3. The van der Waals surface area contributed by atoms with Gasteiger partial charge in [0, 0.05) is 23.1 Å². The van der Waals surface area contributed by atoms with Crippen LogP contribution in [0.5, 0.6) is 5.75 Å². The zero-order chi connectivity index (χ0) is 25.5. The number of hydrogen-bond acceptors (Lipinski definition) is 5. The summed E-state index contributed by atoms with van der Waals surface area (Å²) in [4.78, 5) is 27.7. The molecule has 8 nitrogen and oxygen atoms in total. The number of ether oxygens (including phenoxy) is 1. The van der Waals surface area contributed by atoms with Crippen molar-refractivity contribution in [3.63, 3.8) is 0 Å². The maximum atomic E-state index is 13.6. The average molecular weight is 530 g/mol. The number of likely N-dealkylation sites (N-methyl/N-ethyl adjacent to an activating group) is 1. The Morgan fingerprint density at radius 3 is 2.35 bits per heavy atom. The average Bonchev–Trinajstić information content (AvgIpc) is 2.77. The van der Waals surface area contributed by atoms with Gasteiger partial charge in [-0.2, -0.15) is 0 Å². The standard InChI is InChI=1S/C23H29Cl2N3O5S/c1-5-19(23(30)26-6-2)27(14-16-9-7-8-10-18(16)25)22(29)15-28(34(4,31)32)20-13-17(24)11-12-21(20)33-3/h7-13,19H,5-6,14-15H2,1-4H3,(H,26,30)/t19-/m1/s1. The number of sulfonamides is 1. The number of carbonyl (C=O) groups excluding carboxylic acids is 2. The maximum Gasteiger partial charge on any atom is 0.244 e. The number of hydrogen-bond donors (Lipinski definition) is 1. The molecule has 34 heavy (non-hydrogen) atoms. The number of nitrogens with zero attached hydrogens (tertiary/aromatic N) is 2. The fourth-order valence-corrected chi connectivity index (χ4v) is 4.68. The van der Waals surface area contributed by atoms with Gasteiger partial charge in [0.25, 0.3) is 0 Å². The van der Waals surface area contributed by atoms with Crippen LogP contribution in [0, 0.1) is 0 Å². The van der Waals surface area contributed by atoms with E-state index in [4.69, 9.17) is 27.9 Å². The lowest BCUT2D eigenvalue weighted by molar-refractivity contribution is -0.140. The van der Waals surface area contributed by atoms with Crippen LogP contribution in [-0.4, -0.2) is 57.6 Å². The van der Waals surface area contributed by atoms with Gasteiger partial charge in [-0.3, -0.25) is 13.9 Å². The smallest absolute Gasteiger partial charge is 0.244 e. The molecule has 0 unspecified atom stereocenters. The number of nitrogens with one attached hydrogen (secondary N) is 1. The predicted octanol–water partition coefficient (Wildman–Crippen LogP) is 3.71. The van der Waals surface area contributed by atoms with Crippen LogP contribution < -0.4 is 14.4 Å². The fraction of sp³-hybridized carbons (Fsp3) is 0.391. The molecule has 2 aromatic carbocycles. The van der Waals surface area contributed by atoms with E-state index in [1.54, 1.807) is 44.2 Å². The van der Waals surface area contributed by atoms with Gasteiger partial charge in [0.15, 0.2) is 0 Å². The Labute approximate surface area is 210 Å². The zero-order valence-corrected chi connectivity index (χ0v) is 21.9. The Kier molecular flexibility index (Phi) is 10.0. The lowest BCUT2D eigenvalue weighted by Gasteiger charge is -2.33. The van der Waals surface area contributed by atoms with Crippen molar-refractivity contribution in [1.29, 1.82) is 0 Å². The van der Waals surface area contributed by atoms with E-state index in [1.165, 1.54) is 24.1 Å². The van der Waals surface area contributed by atoms with Crippen LogP contribution >= 0.6 is 23.2 Å². The van der Waals surface area contributed by atoms with E-state index in [0.29, 0.717) is 23.6 Å². The van der Waals surface area contributed by atoms with Crippen molar-refractivity contribution < 1.29 is 22.7 Å². The Morgan fingerprint density at radius 2 is 1.79 bits per heavy atom. The first-order valence-corrected chi connectivity index (χ1v) is 13.3. The first kappa shape index (κ1) is 27.8. The SMILES string of the molecule is CCNC(=O)[C@@H](CC)N(Cc1ccccc1Cl)C(=O)CN(c1cc(Cl)ccc1OC)S(C)(=O)=O. The van der Waals surface area contributed by atoms with Gasteiger partial charge in [0.2, 0.25) is 21.8 Å². The largest absolute Gasteiger partial charge is 0.495 e. The minimum absolute atomic E-state index is 0.0262. The minimum Gasteiger partial charge on any atom is -0.495 e. The summed E-state index contributed by atoms with van der Waals surface area (Å²) in [6.45, 7) is 3.41. The van der Waals surface area contributed by atoms with Gasteiger partial charge in [-0.15, -0.1) is 0 Å². The van der Waals surface area contributed by atoms with Gasteiger partial charge in [0.1, 0.15) is 18.3 Å². The van der Waals surface area contributed by atoms with Gasteiger partial charge in [-0.1, -0.05) is 48.3 Å². The van der Waals surface area contributed by atoms with Crippen molar-refractivity contribution in [2.45, 2.75) is 32.9 Å². The van der Waals surface area contributed by atoms with Gasteiger partial charge >= 0.3 is 0 Å². The lowest BCUT2D eigenvalue weighted by atomic mass is 10.1. The molecule has 11 heteroatoms. The Hall–Kier alpha value is -2.49. The molecule has 0 saturated heterocycles. The molecule has 0 radical (unpaired) electrons. The number of methoxy groups -OCH3 is 1. The van der Waals surface area contributed by atoms with E-state index >= 15 is 0 Å². The minimum atomic E-state index is -3.92. The summed E-state index contributed by atoms with van der Waals surface area (Å²) in [5.41, 5.74) is 0.751. The molecule has 2 amide bonds. The maximum absolute atomic E-state index is 13.6. The van der Waals surface area contributed by atoms with E-state index in [2.05, 4.69) is 5.32 Å². The van der Waals surface area contributed by atoms with E-state index in [0.717, 1.165) is 10.6 Å². The third kappa shape index (κ3) is 7.01. The summed E-state index contributed by atoms with van der Waals surface area (Å²) in [5.74, 6) is -0.682. The van der Waals surface area contributed by atoms with Crippen molar-refractivity contribution >= 4 is 50.7 Å². The van der Waals surface area contributed by atoms with E-state index < -0.39 is 28.5 Å². The molecule has 1 atom stereocenters. The van der Waals surface area contributed by atoms with Crippen LogP contribution in [0.4, 0.5) is 5.69 Å². The monoisotopic (exact) mass is 529 g/mol. The zero-order valence-electron chi connectivity index (χ0n) is 19.5. The molecule has 0 spiro atoms. The van der Waals surface area contributed by atoms with E-state index in [-0.39, 0.29) is 28.9 Å². The number of halogens is 2. The quantitative estimate of drug-likeness (QED) is 0.478. The normalized spacial score (nSPS) is 12.1. The molecule has 2 aromatic rings. The highest BCUT2D eigenvalue weighted by Gasteiger charge is 2.32. The Morgan fingerprint density at radius 1 is 1.12 bits per heavy atom. The summed E-state index contributed by atoms with van der Waals surface area (Å²) in [6, 6.07) is 10.6. The molecule has 1 N–H and O–H groups in total. The number of rotatable bonds is 11. The van der Waals surface area contributed by atoms with Crippen LogP contribution in [0.2, 0.25) is 10.0 Å². The summed E-state index contributed by atoms with van der Waals surface area (Å²) in [5, 5.41) is 3.45. The Balaban J connectivity index is 2.52. The van der Waals surface area contributed by atoms with Gasteiger partial charge in [-0.05, 0) is 43.2 Å². The molecule has 0 saturated carbocycles. The second-order valence-corrected chi connectivity index (χ2v) is 10.3. The number of benzene rings is 2. The van der Waals surface area contributed by atoms with Crippen molar-refractivity contribution in [2.75, 3.05) is 30.8 Å². The summed E-state index contributed by atoms with van der Waals surface area (Å²) >= 11 is 12.4. The lowest BCUT2D eigenvalue weighted by Crippen LogP contribution is -2.52. The van der Waals surface area contributed by atoms with Crippen LogP contribution in [-0.2, 0) is 26.2 Å². The van der Waals surface area contributed by atoms with E-state index in [1.807, 2.05) is 0 Å². The first-order valence-electron chi connectivity index (χ1n) is 10.6. The van der Waals surface area contributed by atoms with Gasteiger partial charge in [-0.25, -0.2) is 8.42 Å². The Bertz CT molecular complexity index is 1130. The van der Waals surface area contributed by atoms with Crippen molar-refractivity contribution in [3.05, 3.63) is 58.1 Å². The first-order chi connectivity index (χ1) is 16.0. The number of amides is 2. The number of carbonyl (C=O) groups is 2. The molecule has 2 rings (SSSR count). The molecule has 0 aliphatic rings. The fourth-order valence-electron chi connectivity index (χ4n) is 3.47. The van der Waals surface area contributed by atoms with Crippen molar-refractivity contribution in [2.24, 2.45) is 0 Å². The van der Waals surface area contributed by atoms with Crippen LogP contribution in [0.15, 0.2) is 42.5 Å². The second-order valence-electron chi connectivity index (χ2n) is 7.52. The molecule has 0 heterocycles. The van der Waals surface area contributed by atoms with Gasteiger partial charge < -0.3 is 15.0 Å². The van der Waals surface area contributed by atoms with Crippen molar-refractivity contribution in [3.8, 4) is 5.75 Å². The molecule has 0 aliphatic heterocycles. The third-order valence-corrected chi connectivity index (χ3v) is 6.85. The summed E-state index contributed by atoms with van der Waals surface area (Å²) in [7, 11) is -2.53. The molecule has 0 aromatic heterocycles. The highest BCUT2D eigenvalue weighted by atomic mass is 35.5. The predicted molar refractivity (Wildman–Crippen MR) is 135 cm³/mol. The van der Waals surface area contributed by atoms with Crippen LogP contribution in [0.3, 0.4) is 0 Å². The highest BCUT2D eigenvalue weighted by molar-refractivity contribution is 7.92. The number of anilines is 1. The summed E-state index contributed by atoms with van der Waals surface area (Å²) in [6.07, 6.45) is 1.31. The topological polar surface area (TPSA) is 96.0 Å². The van der Waals surface area contributed by atoms with Crippen LogP contribution in [0.1, 0.15) is 25.8 Å². The molecule has 0 bridgehead atoms. The highest BCUT2D eigenvalue weighted by Crippen LogP contribution is 2.33. The molecule has 186 valence electrons. The van der Waals surface area contributed by atoms with Crippen molar-refractivity contribution in [1.82, 2.24) is 10.2 Å². The molecular formula is C23H29Cl2N3O5S. The molecular weight excluding hydrogens is 501 g/mol. The van der Waals surface area contributed by atoms with Gasteiger partial charge in [0.05, 0.1) is 19.1 Å². The molecule has 0 fully saturated rings. The third-order valence-electron chi connectivity index (χ3n) is 5.12. The van der Waals surface area contributed by atoms with Crippen LogP contribution in [0.25, 0.3) is 0 Å². The summed E-state index contributed by atoms with van der Waals surface area (Å²) < 4.78 is 31.6. The molecule has 0 aliphatic carbocycles. The van der Waals surface area contributed by atoms with E-state index in [9.17, 15) is 18.0 Å².